The molecule has 0 spiro atoms. The van der Waals surface area contributed by atoms with Crippen molar-refractivity contribution in [3.8, 4) is 0 Å². The number of amides is 1. The molecule has 1 amide bonds. The molecule has 2 fully saturated rings. The smallest absolute Gasteiger partial charge is 0.251 e. The van der Waals surface area contributed by atoms with Gasteiger partial charge in [0.15, 0.2) is 5.13 Å². The molecule has 7 nitrogen and oxygen atoms in total. The molecule has 0 unspecified atom stereocenters. The van der Waals surface area contributed by atoms with Gasteiger partial charge in [0.1, 0.15) is 0 Å². The second-order valence-electron chi connectivity index (χ2n) is 9.98. The predicted molar refractivity (Wildman–Crippen MR) is 155 cm³/mol. The third-order valence-electron chi connectivity index (χ3n) is 7.32. The van der Waals surface area contributed by atoms with E-state index in [1.807, 2.05) is 18.2 Å². The van der Waals surface area contributed by atoms with Crippen molar-refractivity contribution in [2.75, 3.05) is 49.6 Å². The molecule has 1 aromatic heterocycles. The number of carbonyl (C=O) groups excluding carboxylic acids is 1. The predicted octanol–water partition coefficient (Wildman–Crippen LogP) is 5.27. The lowest BCUT2D eigenvalue weighted by atomic mass is 10.0. The van der Waals surface area contributed by atoms with Crippen LogP contribution in [0.3, 0.4) is 0 Å². The molecule has 196 valence electrons. The summed E-state index contributed by atoms with van der Waals surface area (Å²) in [4.78, 5) is 22.5. The van der Waals surface area contributed by atoms with E-state index in [1.165, 1.54) is 11.3 Å². The number of benzene rings is 3. The van der Waals surface area contributed by atoms with Gasteiger partial charge >= 0.3 is 0 Å². The molecule has 0 saturated carbocycles. The SMILES string of the molecule is O=C(NC1CCN(Cc2ccccc2)CC1)c1ccc2nc(Nc3ccc(N4CCOCC4)cc3)sc2c1. The summed E-state index contributed by atoms with van der Waals surface area (Å²) in [5, 5.41) is 7.49. The lowest BCUT2D eigenvalue weighted by Crippen LogP contribution is -2.44. The molecular formula is C30H33N5O2S. The Bertz CT molecular complexity index is 1360. The Morgan fingerprint density at radius 3 is 2.47 bits per heavy atom. The number of rotatable bonds is 7. The highest BCUT2D eigenvalue weighted by Crippen LogP contribution is 2.30. The van der Waals surface area contributed by atoms with Crippen LogP contribution in [0.1, 0.15) is 28.8 Å². The summed E-state index contributed by atoms with van der Waals surface area (Å²) in [5.41, 5.74) is 5.13. The Hall–Kier alpha value is -3.46. The number of aromatic nitrogens is 1. The Labute approximate surface area is 227 Å². The van der Waals surface area contributed by atoms with Gasteiger partial charge in [-0.1, -0.05) is 41.7 Å². The summed E-state index contributed by atoms with van der Waals surface area (Å²) in [6.45, 7) is 6.37. The van der Waals surface area contributed by atoms with Crippen LogP contribution in [0.15, 0.2) is 72.8 Å². The van der Waals surface area contributed by atoms with E-state index in [9.17, 15) is 4.79 Å². The van der Waals surface area contributed by atoms with E-state index >= 15 is 0 Å². The van der Waals surface area contributed by atoms with Crippen LogP contribution in [0.4, 0.5) is 16.5 Å². The summed E-state index contributed by atoms with van der Waals surface area (Å²) < 4.78 is 6.45. The minimum absolute atomic E-state index is 0.00461. The summed E-state index contributed by atoms with van der Waals surface area (Å²) in [6.07, 6.45) is 1.94. The van der Waals surface area contributed by atoms with Gasteiger partial charge in [-0.15, -0.1) is 0 Å². The molecule has 0 aliphatic carbocycles. The third-order valence-corrected chi connectivity index (χ3v) is 8.25. The Morgan fingerprint density at radius 1 is 0.947 bits per heavy atom. The van der Waals surface area contributed by atoms with Gasteiger partial charge < -0.3 is 20.3 Å². The van der Waals surface area contributed by atoms with Crippen molar-refractivity contribution in [1.29, 1.82) is 0 Å². The second kappa shape index (κ2) is 11.5. The fourth-order valence-electron chi connectivity index (χ4n) is 5.17. The Balaban J connectivity index is 1.04. The lowest BCUT2D eigenvalue weighted by molar-refractivity contribution is 0.0909. The molecule has 2 aliphatic heterocycles. The Morgan fingerprint density at radius 2 is 1.71 bits per heavy atom. The van der Waals surface area contributed by atoms with Gasteiger partial charge in [-0.05, 0) is 60.9 Å². The van der Waals surface area contributed by atoms with Gasteiger partial charge in [-0.25, -0.2) is 4.98 Å². The van der Waals surface area contributed by atoms with Gasteiger partial charge in [-0.2, -0.15) is 0 Å². The average molecular weight is 528 g/mol. The highest BCUT2D eigenvalue weighted by Gasteiger charge is 2.21. The number of likely N-dealkylation sites (tertiary alicyclic amines) is 1. The number of piperidine rings is 1. The quantitative estimate of drug-likeness (QED) is 0.341. The van der Waals surface area contributed by atoms with E-state index in [0.717, 1.165) is 79.8 Å². The topological polar surface area (TPSA) is 69.7 Å². The van der Waals surface area contributed by atoms with Crippen LogP contribution in [0, 0.1) is 0 Å². The minimum atomic E-state index is -0.00461. The van der Waals surface area contributed by atoms with E-state index in [0.29, 0.717) is 5.56 Å². The normalized spacial score (nSPS) is 17.0. The molecular weight excluding hydrogens is 494 g/mol. The van der Waals surface area contributed by atoms with E-state index in [4.69, 9.17) is 9.72 Å². The molecule has 2 saturated heterocycles. The number of nitrogens with one attached hydrogen (secondary N) is 2. The van der Waals surface area contributed by atoms with Crippen molar-refractivity contribution in [3.63, 3.8) is 0 Å². The van der Waals surface area contributed by atoms with Crippen molar-refractivity contribution < 1.29 is 9.53 Å². The maximum absolute atomic E-state index is 13.0. The molecule has 2 aliphatic rings. The molecule has 0 atom stereocenters. The number of carbonyl (C=O) groups is 1. The maximum Gasteiger partial charge on any atom is 0.251 e. The van der Waals surface area contributed by atoms with E-state index in [-0.39, 0.29) is 11.9 Å². The fourth-order valence-corrected chi connectivity index (χ4v) is 6.09. The zero-order valence-corrected chi connectivity index (χ0v) is 22.3. The van der Waals surface area contributed by atoms with Crippen LogP contribution in [0.5, 0.6) is 0 Å². The van der Waals surface area contributed by atoms with Gasteiger partial charge in [0.2, 0.25) is 0 Å². The van der Waals surface area contributed by atoms with Crippen LogP contribution >= 0.6 is 11.3 Å². The van der Waals surface area contributed by atoms with Crippen molar-refractivity contribution in [3.05, 3.63) is 83.9 Å². The monoisotopic (exact) mass is 527 g/mol. The first kappa shape index (κ1) is 24.9. The van der Waals surface area contributed by atoms with E-state index in [2.05, 4.69) is 75.0 Å². The van der Waals surface area contributed by atoms with Gasteiger partial charge in [-0.3, -0.25) is 9.69 Å². The van der Waals surface area contributed by atoms with Crippen LogP contribution in [-0.2, 0) is 11.3 Å². The first-order valence-corrected chi connectivity index (χ1v) is 14.2. The zero-order chi connectivity index (χ0) is 25.7. The Kier molecular flexibility index (Phi) is 7.53. The van der Waals surface area contributed by atoms with Gasteiger partial charge in [0.25, 0.3) is 5.91 Å². The summed E-state index contributed by atoms with van der Waals surface area (Å²) >= 11 is 1.57. The number of hydrogen-bond donors (Lipinski definition) is 2. The molecule has 8 heteroatoms. The maximum atomic E-state index is 13.0. The molecule has 3 aromatic carbocycles. The van der Waals surface area contributed by atoms with Gasteiger partial charge in [0.05, 0.1) is 23.4 Å². The molecule has 4 aromatic rings. The highest BCUT2D eigenvalue weighted by molar-refractivity contribution is 7.22. The molecule has 3 heterocycles. The second-order valence-corrected chi connectivity index (χ2v) is 11.0. The summed E-state index contributed by atoms with van der Waals surface area (Å²) in [5.74, 6) is -0.00461. The largest absolute Gasteiger partial charge is 0.378 e. The molecule has 2 N–H and O–H groups in total. The summed E-state index contributed by atoms with van der Waals surface area (Å²) in [7, 11) is 0. The number of thiazole rings is 1. The van der Waals surface area contributed by atoms with Crippen LogP contribution < -0.4 is 15.5 Å². The van der Waals surface area contributed by atoms with Crippen LogP contribution in [0.25, 0.3) is 10.2 Å². The minimum Gasteiger partial charge on any atom is -0.378 e. The van der Waals surface area contributed by atoms with Crippen molar-refractivity contribution in [1.82, 2.24) is 15.2 Å². The summed E-state index contributed by atoms with van der Waals surface area (Å²) in [6, 6.07) is 25.0. The van der Waals surface area contributed by atoms with Crippen LogP contribution in [0.2, 0.25) is 0 Å². The van der Waals surface area contributed by atoms with E-state index in [1.54, 1.807) is 11.3 Å². The number of nitrogens with zero attached hydrogens (tertiary/aromatic N) is 3. The number of hydrogen-bond acceptors (Lipinski definition) is 7. The van der Waals surface area contributed by atoms with Crippen molar-refractivity contribution >= 4 is 44.0 Å². The first-order chi connectivity index (χ1) is 18.7. The van der Waals surface area contributed by atoms with Crippen molar-refractivity contribution in [2.45, 2.75) is 25.4 Å². The fraction of sp³-hybridized carbons (Fsp3) is 0.333. The molecule has 38 heavy (non-hydrogen) atoms. The van der Waals surface area contributed by atoms with E-state index < -0.39 is 0 Å². The molecule has 0 bridgehead atoms. The molecule has 0 radical (unpaired) electrons. The third kappa shape index (κ3) is 5.99. The zero-order valence-electron chi connectivity index (χ0n) is 21.4. The number of ether oxygens (including phenoxy) is 1. The first-order valence-electron chi connectivity index (χ1n) is 13.4. The average Bonchev–Trinajstić information content (AvgIpc) is 3.37. The highest BCUT2D eigenvalue weighted by atomic mass is 32.1. The number of morpholine rings is 1. The number of fused-ring (bicyclic) bond motifs is 1. The molecule has 6 rings (SSSR count). The van der Waals surface area contributed by atoms with Gasteiger partial charge in [0, 0.05) is 55.7 Å². The number of anilines is 3. The van der Waals surface area contributed by atoms with Crippen LogP contribution in [-0.4, -0.2) is 61.2 Å². The standard InChI is InChI=1S/C30H33N5O2S/c36-29(31-25-12-14-34(15-13-25)21-22-4-2-1-3-5-22)23-6-11-27-28(20-23)38-30(33-27)32-24-7-9-26(10-8-24)35-16-18-37-19-17-35/h1-11,20,25H,12-19,21H2,(H,31,36)(H,32,33). The lowest BCUT2D eigenvalue weighted by Gasteiger charge is -2.32. The van der Waals surface area contributed by atoms with Crippen molar-refractivity contribution in [2.24, 2.45) is 0 Å².